The molecule has 0 saturated carbocycles. The first-order valence-corrected chi connectivity index (χ1v) is 5.07. The minimum atomic E-state index is -0.182. The number of ether oxygens (including phenoxy) is 1. The van der Waals surface area contributed by atoms with Gasteiger partial charge in [0.25, 0.3) is 0 Å². The molecule has 0 fully saturated rings. The van der Waals surface area contributed by atoms with E-state index >= 15 is 0 Å². The minimum Gasteiger partial charge on any atom is -0.447 e. The predicted molar refractivity (Wildman–Crippen MR) is 53.8 cm³/mol. The fraction of sp³-hybridized carbons (Fsp3) is 0.900. The Morgan fingerprint density at radius 3 is 2.00 bits per heavy atom. The molecule has 0 aromatic heterocycles. The average molecular weight is 187 g/mol. The van der Waals surface area contributed by atoms with E-state index in [1.165, 1.54) is 0 Å². The molecule has 0 aliphatic heterocycles. The molecule has 3 nitrogen and oxygen atoms in total. The van der Waals surface area contributed by atoms with Gasteiger partial charge in [-0.05, 0) is 26.7 Å². The van der Waals surface area contributed by atoms with Gasteiger partial charge in [0.2, 0.25) is 0 Å². The number of carbonyl (C=O) groups excluding carboxylic acids is 1. The van der Waals surface area contributed by atoms with Crippen LogP contribution in [0, 0.1) is 0 Å². The molecular weight excluding hydrogens is 166 g/mol. The van der Waals surface area contributed by atoms with E-state index < -0.39 is 0 Å². The highest BCUT2D eigenvalue weighted by Gasteiger charge is 2.13. The van der Waals surface area contributed by atoms with Gasteiger partial charge in [0.05, 0.1) is 6.10 Å². The quantitative estimate of drug-likeness (QED) is 0.662. The number of hydrogen-bond acceptors (Lipinski definition) is 2. The molecule has 0 saturated heterocycles. The summed E-state index contributed by atoms with van der Waals surface area (Å²) in [6.45, 7) is 9.44. The molecular formula is C10H21NO2. The summed E-state index contributed by atoms with van der Waals surface area (Å²) in [5.74, 6) is 0. The van der Waals surface area contributed by atoms with E-state index in [2.05, 4.69) is 13.8 Å². The second-order valence-corrected chi connectivity index (χ2v) is 3.42. The highest BCUT2D eigenvalue weighted by atomic mass is 16.6. The maximum Gasteiger partial charge on any atom is 0.410 e. The van der Waals surface area contributed by atoms with Crippen molar-refractivity contribution in [3.8, 4) is 0 Å². The topological polar surface area (TPSA) is 29.5 Å². The van der Waals surface area contributed by atoms with Gasteiger partial charge in [0.15, 0.2) is 0 Å². The lowest BCUT2D eigenvalue weighted by molar-refractivity contribution is 0.0767. The molecule has 13 heavy (non-hydrogen) atoms. The van der Waals surface area contributed by atoms with E-state index in [0.717, 1.165) is 25.9 Å². The van der Waals surface area contributed by atoms with Crippen molar-refractivity contribution in [1.29, 1.82) is 0 Å². The van der Waals surface area contributed by atoms with Gasteiger partial charge < -0.3 is 9.64 Å². The van der Waals surface area contributed by atoms with Crippen LogP contribution >= 0.6 is 0 Å². The summed E-state index contributed by atoms with van der Waals surface area (Å²) in [5.41, 5.74) is 0. The molecule has 0 aliphatic rings. The van der Waals surface area contributed by atoms with Gasteiger partial charge in [-0.15, -0.1) is 0 Å². The van der Waals surface area contributed by atoms with E-state index in [1.807, 2.05) is 13.8 Å². The van der Waals surface area contributed by atoms with Crippen molar-refractivity contribution in [3.63, 3.8) is 0 Å². The van der Waals surface area contributed by atoms with E-state index in [4.69, 9.17) is 4.74 Å². The lowest BCUT2D eigenvalue weighted by atomic mass is 10.4. The third-order valence-corrected chi connectivity index (χ3v) is 1.58. The summed E-state index contributed by atoms with van der Waals surface area (Å²) in [6.07, 6.45) is 1.75. The highest BCUT2D eigenvalue weighted by molar-refractivity contribution is 5.67. The molecule has 0 atom stereocenters. The largest absolute Gasteiger partial charge is 0.447 e. The monoisotopic (exact) mass is 187 g/mol. The van der Waals surface area contributed by atoms with Crippen LogP contribution in [-0.4, -0.2) is 30.2 Å². The first-order valence-electron chi connectivity index (χ1n) is 5.07. The third-order valence-electron chi connectivity index (χ3n) is 1.58. The summed E-state index contributed by atoms with van der Waals surface area (Å²) in [5, 5.41) is 0. The minimum absolute atomic E-state index is 0.0243. The normalized spacial score (nSPS) is 10.2. The van der Waals surface area contributed by atoms with Crippen molar-refractivity contribution in [2.45, 2.75) is 46.6 Å². The molecule has 0 heterocycles. The lowest BCUT2D eigenvalue weighted by Gasteiger charge is -2.22. The van der Waals surface area contributed by atoms with Gasteiger partial charge in [-0.2, -0.15) is 0 Å². The van der Waals surface area contributed by atoms with Gasteiger partial charge in [-0.25, -0.2) is 4.79 Å². The second kappa shape index (κ2) is 6.75. The Morgan fingerprint density at radius 2 is 1.69 bits per heavy atom. The number of nitrogens with zero attached hydrogens (tertiary/aromatic N) is 1. The molecule has 0 bridgehead atoms. The molecule has 78 valence electrons. The number of amides is 1. The average Bonchev–Trinajstić information content (AvgIpc) is 2.02. The van der Waals surface area contributed by atoms with Crippen LogP contribution in [-0.2, 0) is 4.74 Å². The Balaban J connectivity index is 3.95. The summed E-state index contributed by atoms with van der Waals surface area (Å²) < 4.78 is 5.10. The molecule has 3 heteroatoms. The zero-order chi connectivity index (χ0) is 10.3. The SMILES string of the molecule is CCCN(CCC)C(=O)OC(C)C. The van der Waals surface area contributed by atoms with Crippen LogP contribution in [0.5, 0.6) is 0 Å². The predicted octanol–water partition coefficient (Wildman–Crippen LogP) is 2.65. The lowest BCUT2D eigenvalue weighted by Crippen LogP contribution is -2.34. The zero-order valence-electron chi connectivity index (χ0n) is 9.17. The first-order chi connectivity index (χ1) is 6.11. The number of carbonyl (C=O) groups is 1. The molecule has 1 amide bonds. The van der Waals surface area contributed by atoms with Crippen LogP contribution in [0.2, 0.25) is 0 Å². The molecule has 0 aromatic rings. The molecule has 0 radical (unpaired) electrons. The number of rotatable bonds is 5. The summed E-state index contributed by atoms with van der Waals surface area (Å²) in [4.78, 5) is 13.2. The Bertz CT molecular complexity index is 140. The van der Waals surface area contributed by atoms with Crippen LogP contribution in [0.25, 0.3) is 0 Å². The molecule has 0 unspecified atom stereocenters. The second-order valence-electron chi connectivity index (χ2n) is 3.42. The van der Waals surface area contributed by atoms with Crippen molar-refractivity contribution in [2.75, 3.05) is 13.1 Å². The first kappa shape index (κ1) is 12.3. The van der Waals surface area contributed by atoms with Crippen molar-refractivity contribution in [2.24, 2.45) is 0 Å². The van der Waals surface area contributed by atoms with E-state index in [9.17, 15) is 4.79 Å². The fourth-order valence-corrected chi connectivity index (χ4v) is 1.11. The molecule has 0 spiro atoms. The van der Waals surface area contributed by atoms with Crippen molar-refractivity contribution in [3.05, 3.63) is 0 Å². The van der Waals surface area contributed by atoms with Gasteiger partial charge in [0.1, 0.15) is 0 Å². The maximum atomic E-state index is 11.4. The van der Waals surface area contributed by atoms with Crippen LogP contribution in [0.3, 0.4) is 0 Å². The Kier molecular flexibility index (Phi) is 6.37. The third kappa shape index (κ3) is 5.50. The molecule has 0 aromatic carbocycles. The summed E-state index contributed by atoms with van der Waals surface area (Å²) in [6, 6.07) is 0. The highest BCUT2D eigenvalue weighted by Crippen LogP contribution is 2.00. The number of hydrogen-bond donors (Lipinski definition) is 0. The molecule has 0 aliphatic carbocycles. The van der Waals surface area contributed by atoms with E-state index in [-0.39, 0.29) is 12.2 Å². The Labute approximate surface area is 81.1 Å². The van der Waals surface area contributed by atoms with Crippen molar-refractivity contribution >= 4 is 6.09 Å². The Hall–Kier alpha value is -0.730. The van der Waals surface area contributed by atoms with Gasteiger partial charge >= 0.3 is 6.09 Å². The Morgan fingerprint density at radius 1 is 1.23 bits per heavy atom. The van der Waals surface area contributed by atoms with Gasteiger partial charge in [0, 0.05) is 13.1 Å². The van der Waals surface area contributed by atoms with Crippen LogP contribution in [0.4, 0.5) is 4.79 Å². The zero-order valence-corrected chi connectivity index (χ0v) is 9.17. The molecule has 0 rings (SSSR count). The fourth-order valence-electron chi connectivity index (χ4n) is 1.11. The summed E-state index contributed by atoms with van der Waals surface area (Å²) in [7, 11) is 0. The smallest absolute Gasteiger partial charge is 0.410 e. The van der Waals surface area contributed by atoms with E-state index in [1.54, 1.807) is 4.90 Å². The van der Waals surface area contributed by atoms with Gasteiger partial charge in [-0.3, -0.25) is 0 Å². The molecule has 0 N–H and O–H groups in total. The van der Waals surface area contributed by atoms with E-state index in [0.29, 0.717) is 0 Å². The summed E-state index contributed by atoms with van der Waals surface area (Å²) >= 11 is 0. The standard InChI is InChI=1S/C10H21NO2/c1-5-7-11(8-6-2)10(12)13-9(3)4/h9H,5-8H2,1-4H3. The van der Waals surface area contributed by atoms with Crippen LogP contribution in [0.15, 0.2) is 0 Å². The van der Waals surface area contributed by atoms with Gasteiger partial charge in [-0.1, -0.05) is 13.8 Å². The van der Waals surface area contributed by atoms with Crippen molar-refractivity contribution < 1.29 is 9.53 Å². The van der Waals surface area contributed by atoms with Crippen molar-refractivity contribution in [1.82, 2.24) is 4.90 Å². The maximum absolute atomic E-state index is 11.4. The van der Waals surface area contributed by atoms with Crippen LogP contribution < -0.4 is 0 Å². The van der Waals surface area contributed by atoms with Crippen LogP contribution in [0.1, 0.15) is 40.5 Å².